The lowest BCUT2D eigenvalue weighted by atomic mass is 10.5. The summed E-state index contributed by atoms with van der Waals surface area (Å²) in [6.45, 7) is 1.59. The lowest BCUT2D eigenvalue weighted by Gasteiger charge is -2.07. The van der Waals surface area contributed by atoms with Crippen LogP contribution in [0.5, 0.6) is 12.0 Å². The van der Waals surface area contributed by atoms with Gasteiger partial charge in [0, 0.05) is 7.05 Å². The molecule has 17 heavy (non-hydrogen) atoms. The summed E-state index contributed by atoms with van der Waals surface area (Å²) in [5, 5.41) is 2.66. The molecular weight excluding hydrogens is 234 g/mol. The highest BCUT2D eigenvalue weighted by molar-refractivity contribution is 5.26. The van der Waals surface area contributed by atoms with Crippen molar-refractivity contribution in [1.29, 1.82) is 0 Å². The highest BCUT2D eigenvalue weighted by atomic mass is 19.3. The fourth-order valence-corrected chi connectivity index (χ4v) is 0.910. The van der Waals surface area contributed by atoms with Crippen molar-refractivity contribution in [3.63, 3.8) is 0 Å². The lowest BCUT2D eigenvalue weighted by Crippen LogP contribution is -2.12. The third-order valence-corrected chi connectivity index (χ3v) is 1.59. The highest BCUT2D eigenvalue weighted by Gasteiger charge is 2.10. The first-order valence-corrected chi connectivity index (χ1v) is 5.13. The number of alkyl halides is 2. The molecule has 6 nitrogen and oxygen atoms in total. The zero-order chi connectivity index (χ0) is 12.7. The van der Waals surface area contributed by atoms with Gasteiger partial charge in [-0.25, -0.2) is 8.78 Å². The van der Waals surface area contributed by atoms with Gasteiger partial charge in [-0.3, -0.25) is 0 Å². The van der Waals surface area contributed by atoms with Crippen LogP contribution in [0, 0.1) is 0 Å². The molecular formula is C9H14F2N4O2. The van der Waals surface area contributed by atoms with Gasteiger partial charge in [-0.1, -0.05) is 6.92 Å². The first-order chi connectivity index (χ1) is 8.15. The van der Waals surface area contributed by atoms with Gasteiger partial charge in [0.05, 0.1) is 6.61 Å². The van der Waals surface area contributed by atoms with Gasteiger partial charge in [-0.2, -0.15) is 9.97 Å². The van der Waals surface area contributed by atoms with Crippen LogP contribution in [0.4, 0.5) is 14.7 Å². The van der Waals surface area contributed by atoms with E-state index in [1.54, 1.807) is 7.05 Å². The van der Waals surface area contributed by atoms with Crippen LogP contribution in [0.25, 0.3) is 0 Å². The predicted octanol–water partition coefficient (Wildman–Crippen LogP) is 1.35. The summed E-state index contributed by atoms with van der Waals surface area (Å²) in [6, 6.07) is -0.133. The first-order valence-electron chi connectivity index (χ1n) is 5.13. The number of anilines is 1. The fourth-order valence-electron chi connectivity index (χ4n) is 0.910. The maximum atomic E-state index is 12.0. The van der Waals surface area contributed by atoms with E-state index in [4.69, 9.17) is 9.47 Å². The quantitative estimate of drug-likeness (QED) is 0.785. The minimum Gasteiger partial charge on any atom is -0.463 e. The van der Waals surface area contributed by atoms with Gasteiger partial charge >= 0.3 is 12.0 Å². The number of nitrogens with zero attached hydrogens (tertiary/aromatic N) is 3. The molecule has 1 heterocycles. The Morgan fingerprint density at radius 2 is 1.82 bits per heavy atom. The monoisotopic (exact) mass is 248 g/mol. The van der Waals surface area contributed by atoms with Gasteiger partial charge in [0.2, 0.25) is 5.95 Å². The second-order valence-electron chi connectivity index (χ2n) is 3.02. The van der Waals surface area contributed by atoms with E-state index >= 15 is 0 Å². The molecule has 0 aliphatic carbocycles. The van der Waals surface area contributed by atoms with Crippen LogP contribution in [0.3, 0.4) is 0 Å². The largest absolute Gasteiger partial charge is 0.463 e. The SMILES string of the molecule is CCCOc1nc(NC)nc(OCC(F)F)n1. The average Bonchev–Trinajstić information content (AvgIpc) is 2.33. The van der Waals surface area contributed by atoms with E-state index in [-0.39, 0.29) is 18.0 Å². The molecule has 0 amide bonds. The molecule has 0 atom stereocenters. The van der Waals surface area contributed by atoms with E-state index in [9.17, 15) is 8.78 Å². The molecule has 1 rings (SSSR count). The molecule has 1 N–H and O–H groups in total. The van der Waals surface area contributed by atoms with E-state index in [0.29, 0.717) is 6.61 Å². The summed E-state index contributed by atoms with van der Waals surface area (Å²) in [4.78, 5) is 11.4. The second-order valence-corrected chi connectivity index (χ2v) is 3.02. The number of hydrogen-bond acceptors (Lipinski definition) is 6. The standard InChI is InChI=1S/C9H14F2N4O2/c1-3-4-16-8-13-7(12-2)14-9(15-8)17-5-6(10)11/h6H,3-5H2,1-2H3,(H,12,13,14,15). The Balaban J connectivity index is 2.73. The number of aromatic nitrogens is 3. The van der Waals surface area contributed by atoms with Gasteiger partial charge in [0.15, 0.2) is 6.61 Å². The summed E-state index contributed by atoms with van der Waals surface area (Å²) in [6.07, 6.45) is -1.79. The van der Waals surface area contributed by atoms with Crippen LogP contribution in [-0.2, 0) is 0 Å². The van der Waals surface area contributed by atoms with Crippen LogP contribution < -0.4 is 14.8 Å². The molecule has 0 saturated carbocycles. The molecule has 0 fully saturated rings. The minimum atomic E-state index is -2.58. The third kappa shape index (κ3) is 4.75. The highest BCUT2D eigenvalue weighted by Crippen LogP contribution is 2.13. The predicted molar refractivity (Wildman–Crippen MR) is 56.7 cm³/mol. The molecule has 96 valence electrons. The third-order valence-electron chi connectivity index (χ3n) is 1.59. The molecule has 0 unspecified atom stereocenters. The van der Waals surface area contributed by atoms with E-state index in [1.807, 2.05) is 6.92 Å². The fraction of sp³-hybridized carbons (Fsp3) is 0.667. The van der Waals surface area contributed by atoms with E-state index < -0.39 is 13.0 Å². The molecule has 0 saturated heterocycles. The van der Waals surface area contributed by atoms with Crippen LogP contribution >= 0.6 is 0 Å². The van der Waals surface area contributed by atoms with Crippen molar-refractivity contribution in [1.82, 2.24) is 15.0 Å². The number of rotatable bonds is 7. The van der Waals surface area contributed by atoms with E-state index in [2.05, 4.69) is 20.3 Å². The number of ether oxygens (including phenoxy) is 2. The summed E-state index contributed by atoms with van der Waals surface area (Å²) in [5.74, 6) is 0.204. The molecule has 0 aliphatic rings. The van der Waals surface area contributed by atoms with E-state index in [0.717, 1.165) is 6.42 Å². The van der Waals surface area contributed by atoms with Crippen molar-refractivity contribution < 1.29 is 18.3 Å². The lowest BCUT2D eigenvalue weighted by molar-refractivity contribution is 0.0763. The number of nitrogens with one attached hydrogen (secondary N) is 1. The zero-order valence-corrected chi connectivity index (χ0v) is 9.61. The van der Waals surface area contributed by atoms with Gasteiger partial charge in [0.25, 0.3) is 6.43 Å². The molecule has 0 aromatic carbocycles. The van der Waals surface area contributed by atoms with Crippen molar-refractivity contribution in [3.05, 3.63) is 0 Å². The topological polar surface area (TPSA) is 69.2 Å². The minimum absolute atomic E-state index is 0.0514. The summed E-state index contributed by atoms with van der Waals surface area (Å²) in [5.41, 5.74) is 0. The van der Waals surface area contributed by atoms with Gasteiger partial charge < -0.3 is 14.8 Å². The van der Waals surface area contributed by atoms with Crippen LogP contribution in [0.2, 0.25) is 0 Å². The van der Waals surface area contributed by atoms with Gasteiger partial charge in [-0.15, -0.1) is 4.98 Å². The normalized spacial score (nSPS) is 10.4. The van der Waals surface area contributed by atoms with Crippen LogP contribution in [0.15, 0.2) is 0 Å². The molecule has 0 aliphatic heterocycles. The molecule has 0 spiro atoms. The Bertz CT molecular complexity index is 352. The molecule has 8 heteroatoms. The Kier molecular flexibility index (Phi) is 5.31. The van der Waals surface area contributed by atoms with Crippen molar-refractivity contribution in [3.8, 4) is 12.0 Å². The van der Waals surface area contributed by atoms with Crippen molar-refractivity contribution in [2.24, 2.45) is 0 Å². The Morgan fingerprint density at radius 3 is 2.35 bits per heavy atom. The first kappa shape index (κ1) is 13.3. The average molecular weight is 248 g/mol. The maximum absolute atomic E-state index is 12.0. The Labute approximate surface area is 97.4 Å². The summed E-state index contributed by atoms with van der Waals surface area (Å²) in [7, 11) is 1.59. The molecule has 0 radical (unpaired) electrons. The van der Waals surface area contributed by atoms with E-state index in [1.165, 1.54) is 0 Å². The summed E-state index contributed by atoms with van der Waals surface area (Å²) < 4.78 is 33.8. The Morgan fingerprint density at radius 1 is 1.18 bits per heavy atom. The maximum Gasteiger partial charge on any atom is 0.324 e. The zero-order valence-electron chi connectivity index (χ0n) is 9.61. The molecule has 1 aromatic rings. The number of halogens is 2. The van der Waals surface area contributed by atoms with Crippen molar-refractivity contribution in [2.45, 2.75) is 19.8 Å². The van der Waals surface area contributed by atoms with Crippen molar-refractivity contribution in [2.75, 3.05) is 25.6 Å². The van der Waals surface area contributed by atoms with Crippen LogP contribution in [-0.4, -0.2) is 41.6 Å². The van der Waals surface area contributed by atoms with Crippen LogP contribution in [0.1, 0.15) is 13.3 Å². The van der Waals surface area contributed by atoms with Gasteiger partial charge in [-0.05, 0) is 6.42 Å². The molecule has 1 aromatic heterocycles. The van der Waals surface area contributed by atoms with Gasteiger partial charge in [0.1, 0.15) is 0 Å². The summed E-state index contributed by atoms with van der Waals surface area (Å²) >= 11 is 0. The smallest absolute Gasteiger partial charge is 0.324 e. The number of hydrogen-bond donors (Lipinski definition) is 1. The Hall–Kier alpha value is -1.73. The van der Waals surface area contributed by atoms with Crippen molar-refractivity contribution >= 4 is 5.95 Å². The molecule has 0 bridgehead atoms. The second kappa shape index (κ2) is 6.77.